The van der Waals surface area contributed by atoms with E-state index in [2.05, 4.69) is 21.7 Å². The van der Waals surface area contributed by atoms with Crippen LogP contribution in [0.5, 0.6) is 0 Å². The average Bonchev–Trinajstić information content (AvgIpc) is 2.93. The standard InChI is InChI=1S/C20H16FN3/c21-17-9-4-8-16(12-17)14-24-19(13-15-6-2-1-3-7-15)23-18-10-5-11-22-20(18)24/h1-12H,13-14H2. The molecule has 24 heavy (non-hydrogen) atoms. The summed E-state index contributed by atoms with van der Waals surface area (Å²) in [4.78, 5) is 9.20. The van der Waals surface area contributed by atoms with E-state index in [0.29, 0.717) is 13.0 Å². The van der Waals surface area contributed by atoms with Gasteiger partial charge in [0.2, 0.25) is 0 Å². The van der Waals surface area contributed by atoms with E-state index in [9.17, 15) is 4.39 Å². The topological polar surface area (TPSA) is 30.7 Å². The SMILES string of the molecule is Fc1cccc(Cn2c(Cc3ccccc3)nc3cccnc32)c1. The van der Waals surface area contributed by atoms with Crippen LogP contribution in [-0.4, -0.2) is 14.5 Å². The molecule has 2 aromatic carbocycles. The zero-order valence-electron chi connectivity index (χ0n) is 13.1. The molecule has 118 valence electrons. The summed E-state index contributed by atoms with van der Waals surface area (Å²) in [5, 5.41) is 0. The molecule has 3 nitrogen and oxygen atoms in total. The first-order chi connectivity index (χ1) is 11.8. The van der Waals surface area contributed by atoms with E-state index in [1.807, 2.05) is 36.4 Å². The normalized spacial score (nSPS) is 11.0. The lowest BCUT2D eigenvalue weighted by Crippen LogP contribution is -2.07. The molecule has 0 N–H and O–H groups in total. The molecule has 2 aromatic heterocycles. The predicted molar refractivity (Wildman–Crippen MR) is 92.3 cm³/mol. The molecule has 4 aromatic rings. The van der Waals surface area contributed by atoms with Crippen molar-refractivity contribution in [1.29, 1.82) is 0 Å². The van der Waals surface area contributed by atoms with Gasteiger partial charge in [0.15, 0.2) is 5.65 Å². The number of pyridine rings is 1. The van der Waals surface area contributed by atoms with Crippen molar-refractivity contribution < 1.29 is 4.39 Å². The fraction of sp³-hybridized carbons (Fsp3) is 0.100. The first-order valence-corrected chi connectivity index (χ1v) is 7.88. The number of imidazole rings is 1. The molecule has 0 amide bonds. The Morgan fingerprint density at radius 1 is 0.875 bits per heavy atom. The summed E-state index contributed by atoms with van der Waals surface area (Å²) >= 11 is 0. The Morgan fingerprint density at radius 2 is 1.71 bits per heavy atom. The second-order valence-electron chi connectivity index (χ2n) is 5.75. The monoisotopic (exact) mass is 317 g/mol. The van der Waals surface area contributed by atoms with E-state index in [4.69, 9.17) is 4.98 Å². The van der Waals surface area contributed by atoms with Crippen LogP contribution in [-0.2, 0) is 13.0 Å². The Kier molecular flexibility index (Phi) is 3.79. The largest absolute Gasteiger partial charge is 0.308 e. The Labute approximate surface area is 139 Å². The van der Waals surface area contributed by atoms with Crippen LogP contribution in [0.2, 0.25) is 0 Å². The number of hydrogen-bond acceptors (Lipinski definition) is 2. The van der Waals surface area contributed by atoms with E-state index in [0.717, 1.165) is 22.6 Å². The number of aromatic nitrogens is 3. The number of rotatable bonds is 4. The van der Waals surface area contributed by atoms with E-state index in [1.165, 1.54) is 11.6 Å². The molecular weight excluding hydrogens is 301 g/mol. The molecule has 0 spiro atoms. The number of benzene rings is 2. The van der Waals surface area contributed by atoms with Gasteiger partial charge < -0.3 is 4.57 Å². The molecule has 0 aliphatic rings. The summed E-state index contributed by atoms with van der Waals surface area (Å²) in [6.45, 7) is 0.549. The lowest BCUT2D eigenvalue weighted by atomic mass is 10.1. The Hall–Kier alpha value is -3.01. The Morgan fingerprint density at radius 3 is 2.54 bits per heavy atom. The van der Waals surface area contributed by atoms with E-state index in [1.54, 1.807) is 18.3 Å². The van der Waals surface area contributed by atoms with Crippen molar-refractivity contribution in [3.63, 3.8) is 0 Å². The smallest absolute Gasteiger partial charge is 0.160 e. The van der Waals surface area contributed by atoms with Crippen molar-refractivity contribution in [2.45, 2.75) is 13.0 Å². The molecule has 0 fully saturated rings. The van der Waals surface area contributed by atoms with Crippen molar-refractivity contribution in [2.24, 2.45) is 0 Å². The second-order valence-corrected chi connectivity index (χ2v) is 5.75. The summed E-state index contributed by atoms with van der Waals surface area (Å²) in [7, 11) is 0. The number of fused-ring (bicyclic) bond motifs is 1. The quantitative estimate of drug-likeness (QED) is 0.564. The summed E-state index contributed by atoms with van der Waals surface area (Å²) in [6.07, 6.45) is 2.48. The van der Waals surface area contributed by atoms with Gasteiger partial charge in [0.1, 0.15) is 17.2 Å². The van der Waals surface area contributed by atoms with Gasteiger partial charge in [-0.2, -0.15) is 0 Å². The molecule has 0 radical (unpaired) electrons. The third-order valence-corrected chi connectivity index (χ3v) is 4.02. The van der Waals surface area contributed by atoms with Crippen molar-refractivity contribution in [2.75, 3.05) is 0 Å². The fourth-order valence-electron chi connectivity index (χ4n) is 2.90. The second kappa shape index (κ2) is 6.24. The van der Waals surface area contributed by atoms with Crippen LogP contribution in [0.25, 0.3) is 11.2 Å². The van der Waals surface area contributed by atoms with Crippen LogP contribution >= 0.6 is 0 Å². The van der Waals surface area contributed by atoms with Gasteiger partial charge in [0.25, 0.3) is 0 Å². The Balaban J connectivity index is 1.78. The highest BCUT2D eigenvalue weighted by Gasteiger charge is 2.12. The zero-order chi connectivity index (χ0) is 16.4. The van der Waals surface area contributed by atoms with Gasteiger partial charge in [-0.1, -0.05) is 42.5 Å². The minimum Gasteiger partial charge on any atom is -0.308 e. The van der Waals surface area contributed by atoms with E-state index in [-0.39, 0.29) is 5.82 Å². The molecule has 4 heteroatoms. The summed E-state index contributed by atoms with van der Waals surface area (Å²) in [6, 6.07) is 20.7. The highest BCUT2D eigenvalue weighted by molar-refractivity contribution is 5.71. The number of hydrogen-bond donors (Lipinski definition) is 0. The maximum Gasteiger partial charge on any atom is 0.160 e. The molecule has 2 heterocycles. The van der Waals surface area contributed by atoms with Gasteiger partial charge in [-0.15, -0.1) is 0 Å². The minimum absolute atomic E-state index is 0.227. The first-order valence-electron chi connectivity index (χ1n) is 7.88. The predicted octanol–water partition coefficient (Wildman–Crippen LogP) is 4.21. The van der Waals surface area contributed by atoms with E-state index >= 15 is 0 Å². The van der Waals surface area contributed by atoms with Crippen LogP contribution < -0.4 is 0 Å². The van der Waals surface area contributed by atoms with Crippen molar-refractivity contribution in [3.05, 3.63) is 95.7 Å². The molecule has 0 aliphatic heterocycles. The highest BCUT2D eigenvalue weighted by atomic mass is 19.1. The van der Waals surface area contributed by atoms with Crippen LogP contribution in [0.4, 0.5) is 4.39 Å². The third kappa shape index (κ3) is 2.91. The molecule has 0 atom stereocenters. The lowest BCUT2D eigenvalue weighted by molar-refractivity contribution is 0.623. The van der Waals surface area contributed by atoms with Crippen molar-refractivity contribution >= 4 is 11.2 Å². The van der Waals surface area contributed by atoms with Gasteiger partial charge in [-0.25, -0.2) is 14.4 Å². The van der Waals surface area contributed by atoms with Crippen LogP contribution in [0, 0.1) is 5.82 Å². The van der Waals surface area contributed by atoms with Crippen LogP contribution in [0.15, 0.2) is 72.9 Å². The first kappa shape index (κ1) is 14.6. The zero-order valence-corrected chi connectivity index (χ0v) is 13.1. The maximum atomic E-state index is 13.5. The van der Waals surface area contributed by atoms with Gasteiger partial charge >= 0.3 is 0 Å². The lowest BCUT2D eigenvalue weighted by Gasteiger charge is -2.09. The summed E-state index contributed by atoms with van der Waals surface area (Å²) in [5.41, 5.74) is 3.77. The average molecular weight is 317 g/mol. The molecular formula is C20H16FN3. The molecule has 0 saturated heterocycles. The molecule has 4 rings (SSSR count). The van der Waals surface area contributed by atoms with Crippen molar-refractivity contribution in [3.8, 4) is 0 Å². The molecule has 0 saturated carbocycles. The summed E-state index contributed by atoms with van der Waals surface area (Å²) < 4.78 is 15.6. The molecule has 0 aliphatic carbocycles. The highest BCUT2D eigenvalue weighted by Crippen LogP contribution is 2.19. The minimum atomic E-state index is -0.227. The van der Waals surface area contributed by atoms with E-state index < -0.39 is 0 Å². The van der Waals surface area contributed by atoms with Gasteiger partial charge in [-0.3, -0.25) is 0 Å². The van der Waals surface area contributed by atoms with Gasteiger partial charge in [-0.05, 0) is 35.4 Å². The van der Waals surface area contributed by atoms with Gasteiger partial charge in [0, 0.05) is 12.6 Å². The fourth-order valence-corrected chi connectivity index (χ4v) is 2.90. The third-order valence-electron chi connectivity index (χ3n) is 4.02. The van der Waals surface area contributed by atoms with Crippen molar-refractivity contribution in [1.82, 2.24) is 14.5 Å². The molecule has 0 unspecified atom stereocenters. The Bertz CT molecular complexity index is 977. The van der Waals surface area contributed by atoms with Crippen LogP contribution in [0.3, 0.4) is 0 Å². The summed E-state index contributed by atoms with van der Waals surface area (Å²) in [5.74, 6) is 0.702. The number of halogens is 1. The van der Waals surface area contributed by atoms with Gasteiger partial charge in [0.05, 0.1) is 6.54 Å². The molecule has 0 bridgehead atoms. The van der Waals surface area contributed by atoms with Crippen LogP contribution in [0.1, 0.15) is 17.0 Å². The number of nitrogens with zero attached hydrogens (tertiary/aromatic N) is 3. The maximum absolute atomic E-state index is 13.5.